The molecule has 24 heavy (non-hydrogen) atoms. The number of nitrogens with zero attached hydrogens (tertiary/aromatic N) is 4. The highest BCUT2D eigenvalue weighted by Gasteiger charge is 2.27. The van der Waals surface area contributed by atoms with E-state index in [0.717, 1.165) is 42.3 Å². The lowest BCUT2D eigenvalue weighted by Crippen LogP contribution is -2.38. The highest BCUT2D eigenvalue weighted by atomic mass is 32.1. The summed E-state index contributed by atoms with van der Waals surface area (Å²) in [6.07, 6.45) is 8.98. The molecule has 0 saturated carbocycles. The summed E-state index contributed by atoms with van der Waals surface area (Å²) in [5.74, 6) is 1.44. The van der Waals surface area contributed by atoms with Crippen molar-refractivity contribution in [1.29, 1.82) is 0 Å². The van der Waals surface area contributed by atoms with Gasteiger partial charge in [-0.25, -0.2) is 9.97 Å². The van der Waals surface area contributed by atoms with Crippen molar-refractivity contribution < 1.29 is 4.79 Å². The third-order valence-electron chi connectivity index (χ3n) is 4.32. The van der Waals surface area contributed by atoms with Crippen LogP contribution >= 0.6 is 11.3 Å². The van der Waals surface area contributed by atoms with E-state index in [0.29, 0.717) is 11.6 Å². The first-order chi connectivity index (χ1) is 11.8. The Morgan fingerprint density at radius 1 is 1.29 bits per heavy atom. The molecule has 0 bridgehead atoms. The maximum Gasteiger partial charge on any atom is 0.273 e. The average molecular weight is 339 g/mol. The molecule has 4 heterocycles. The van der Waals surface area contributed by atoms with Crippen LogP contribution in [0.3, 0.4) is 0 Å². The first-order valence-corrected chi connectivity index (χ1v) is 8.83. The van der Waals surface area contributed by atoms with E-state index in [9.17, 15) is 4.79 Å². The van der Waals surface area contributed by atoms with E-state index in [1.54, 1.807) is 18.6 Å². The number of pyridine rings is 1. The Kier molecular flexibility index (Phi) is 4.08. The van der Waals surface area contributed by atoms with Gasteiger partial charge in [0.2, 0.25) is 0 Å². The van der Waals surface area contributed by atoms with Crippen molar-refractivity contribution in [2.45, 2.75) is 18.8 Å². The summed E-state index contributed by atoms with van der Waals surface area (Å²) in [6, 6.07) is 3.83. The quantitative estimate of drug-likeness (QED) is 0.796. The number of aromatic nitrogens is 4. The van der Waals surface area contributed by atoms with Gasteiger partial charge in [-0.1, -0.05) is 0 Å². The molecule has 122 valence electrons. The lowest BCUT2D eigenvalue weighted by Gasteiger charge is -2.30. The van der Waals surface area contributed by atoms with Gasteiger partial charge >= 0.3 is 0 Å². The van der Waals surface area contributed by atoms with Gasteiger partial charge < -0.3 is 9.88 Å². The van der Waals surface area contributed by atoms with Crippen molar-refractivity contribution in [1.82, 2.24) is 24.8 Å². The van der Waals surface area contributed by atoms with E-state index in [2.05, 4.69) is 19.9 Å². The van der Waals surface area contributed by atoms with Crippen molar-refractivity contribution in [2.75, 3.05) is 13.1 Å². The number of rotatable bonds is 3. The zero-order chi connectivity index (χ0) is 16.4. The maximum absolute atomic E-state index is 12.7. The summed E-state index contributed by atoms with van der Waals surface area (Å²) in [4.78, 5) is 30.7. The number of hydrogen-bond acceptors (Lipinski definition) is 5. The Morgan fingerprint density at radius 3 is 2.88 bits per heavy atom. The topological polar surface area (TPSA) is 74.8 Å². The van der Waals surface area contributed by atoms with Gasteiger partial charge in [-0.2, -0.15) is 0 Å². The fraction of sp³-hybridized carbons (Fsp3) is 0.294. The van der Waals surface area contributed by atoms with Crippen LogP contribution in [-0.4, -0.2) is 43.8 Å². The molecule has 4 rings (SSSR count). The van der Waals surface area contributed by atoms with Crippen LogP contribution < -0.4 is 0 Å². The fourth-order valence-electron chi connectivity index (χ4n) is 3.01. The van der Waals surface area contributed by atoms with Gasteiger partial charge in [0.1, 0.15) is 16.5 Å². The van der Waals surface area contributed by atoms with Gasteiger partial charge in [0.25, 0.3) is 5.91 Å². The van der Waals surface area contributed by atoms with E-state index >= 15 is 0 Å². The number of carbonyl (C=O) groups is 1. The van der Waals surface area contributed by atoms with Crippen LogP contribution in [0, 0.1) is 0 Å². The Morgan fingerprint density at radius 2 is 2.17 bits per heavy atom. The number of thiazole rings is 1. The van der Waals surface area contributed by atoms with Crippen LogP contribution in [0.1, 0.15) is 35.1 Å². The zero-order valence-corrected chi connectivity index (χ0v) is 13.9. The summed E-state index contributed by atoms with van der Waals surface area (Å²) >= 11 is 1.48. The second kappa shape index (κ2) is 6.52. The molecule has 0 unspecified atom stereocenters. The van der Waals surface area contributed by atoms with Gasteiger partial charge in [-0.05, 0) is 25.0 Å². The number of piperidine rings is 1. The smallest absolute Gasteiger partial charge is 0.273 e. The van der Waals surface area contributed by atoms with Crippen molar-refractivity contribution in [3.8, 4) is 10.6 Å². The molecular formula is C17H17N5OS. The van der Waals surface area contributed by atoms with Crippen LogP contribution in [0.2, 0.25) is 0 Å². The second-order valence-electron chi connectivity index (χ2n) is 5.82. The lowest BCUT2D eigenvalue weighted by atomic mass is 9.96. The van der Waals surface area contributed by atoms with Gasteiger partial charge in [0.15, 0.2) is 0 Å². The van der Waals surface area contributed by atoms with Crippen molar-refractivity contribution in [3.63, 3.8) is 0 Å². The molecule has 0 radical (unpaired) electrons. The molecule has 3 aromatic heterocycles. The fourth-order valence-corrected chi connectivity index (χ4v) is 3.80. The molecule has 7 heteroatoms. The molecule has 1 aliphatic heterocycles. The molecular weight excluding hydrogens is 322 g/mol. The van der Waals surface area contributed by atoms with E-state index in [1.807, 2.05) is 28.6 Å². The van der Waals surface area contributed by atoms with Gasteiger partial charge in [-0.15, -0.1) is 11.3 Å². The SMILES string of the molecule is O=C(c1csc(-c2cccnc2)n1)N1CCC(c2ncc[nH]2)CC1. The summed E-state index contributed by atoms with van der Waals surface area (Å²) in [5, 5.41) is 2.67. The van der Waals surface area contributed by atoms with Gasteiger partial charge in [0.05, 0.1) is 0 Å². The minimum atomic E-state index is 0.0132. The summed E-state index contributed by atoms with van der Waals surface area (Å²) < 4.78 is 0. The third-order valence-corrected chi connectivity index (χ3v) is 5.21. The normalized spacial score (nSPS) is 15.6. The lowest BCUT2D eigenvalue weighted by molar-refractivity contribution is 0.0706. The number of nitrogens with one attached hydrogen (secondary N) is 1. The summed E-state index contributed by atoms with van der Waals surface area (Å²) in [6.45, 7) is 1.48. The highest BCUT2D eigenvalue weighted by Crippen LogP contribution is 2.27. The third kappa shape index (κ3) is 2.94. The number of likely N-dealkylation sites (tertiary alicyclic amines) is 1. The van der Waals surface area contributed by atoms with Crippen LogP contribution in [0.15, 0.2) is 42.3 Å². The molecule has 3 aromatic rings. The molecule has 0 spiro atoms. The first kappa shape index (κ1) is 15.0. The summed E-state index contributed by atoms with van der Waals surface area (Å²) in [5.41, 5.74) is 1.47. The number of amides is 1. The predicted octanol–water partition coefficient (Wildman–Crippen LogP) is 2.95. The maximum atomic E-state index is 12.7. The van der Waals surface area contributed by atoms with Crippen LogP contribution in [0.5, 0.6) is 0 Å². The van der Waals surface area contributed by atoms with Crippen molar-refractivity contribution in [2.24, 2.45) is 0 Å². The van der Waals surface area contributed by atoms with Crippen LogP contribution in [-0.2, 0) is 0 Å². The monoisotopic (exact) mass is 339 g/mol. The molecule has 0 atom stereocenters. The van der Waals surface area contributed by atoms with Crippen LogP contribution in [0.25, 0.3) is 10.6 Å². The molecule has 1 N–H and O–H groups in total. The van der Waals surface area contributed by atoms with E-state index in [4.69, 9.17) is 0 Å². The Labute approximate surface area is 143 Å². The number of hydrogen-bond donors (Lipinski definition) is 1. The van der Waals surface area contributed by atoms with E-state index in [1.165, 1.54) is 11.3 Å². The molecule has 1 aliphatic rings. The largest absolute Gasteiger partial charge is 0.348 e. The zero-order valence-electron chi connectivity index (χ0n) is 13.1. The van der Waals surface area contributed by atoms with Gasteiger partial charge in [-0.3, -0.25) is 9.78 Å². The average Bonchev–Trinajstić information content (AvgIpc) is 3.34. The number of aromatic amines is 1. The molecule has 0 aliphatic carbocycles. The minimum absolute atomic E-state index is 0.0132. The highest BCUT2D eigenvalue weighted by molar-refractivity contribution is 7.13. The second-order valence-corrected chi connectivity index (χ2v) is 6.68. The Balaban J connectivity index is 1.43. The first-order valence-electron chi connectivity index (χ1n) is 7.96. The molecule has 0 aromatic carbocycles. The van der Waals surface area contributed by atoms with E-state index < -0.39 is 0 Å². The van der Waals surface area contributed by atoms with Crippen molar-refractivity contribution >= 4 is 17.2 Å². The number of carbonyl (C=O) groups excluding carboxylic acids is 1. The Hall–Kier alpha value is -2.54. The number of imidazole rings is 1. The van der Waals surface area contributed by atoms with Gasteiger partial charge in [0, 0.05) is 54.7 Å². The molecule has 1 amide bonds. The Bertz CT molecular complexity index is 807. The molecule has 6 nitrogen and oxygen atoms in total. The molecule has 1 fully saturated rings. The minimum Gasteiger partial charge on any atom is -0.348 e. The summed E-state index contributed by atoms with van der Waals surface area (Å²) in [7, 11) is 0. The number of H-pyrrole nitrogens is 1. The standard InChI is InChI=1S/C17H17N5OS/c23-17(14-11-24-16(21-14)13-2-1-5-18-10-13)22-8-3-12(4-9-22)15-19-6-7-20-15/h1-2,5-7,10-12H,3-4,8-9H2,(H,19,20). The van der Waals surface area contributed by atoms with Crippen molar-refractivity contribution in [3.05, 3.63) is 53.8 Å². The molecule has 1 saturated heterocycles. The van der Waals surface area contributed by atoms with E-state index in [-0.39, 0.29) is 5.91 Å². The van der Waals surface area contributed by atoms with Crippen LogP contribution in [0.4, 0.5) is 0 Å². The predicted molar refractivity (Wildman–Crippen MR) is 91.8 cm³/mol.